The average Bonchev–Trinajstić information content (AvgIpc) is 2.93. The zero-order valence-corrected chi connectivity index (χ0v) is 10.9. The van der Waals surface area contributed by atoms with Crippen molar-refractivity contribution in [2.24, 2.45) is 5.73 Å². The molecule has 0 spiro atoms. The van der Waals surface area contributed by atoms with Crippen molar-refractivity contribution >= 4 is 17.7 Å². The van der Waals surface area contributed by atoms with E-state index in [0.29, 0.717) is 11.7 Å². The molecule has 2 atom stereocenters. The molecule has 1 saturated heterocycles. The monoisotopic (exact) mass is 272 g/mol. The zero-order valence-electron chi connectivity index (χ0n) is 10.1. The largest absolute Gasteiger partial charge is 0.376 e. The average molecular weight is 272 g/mol. The van der Waals surface area contributed by atoms with Crippen molar-refractivity contribution in [1.82, 2.24) is 14.8 Å². The Bertz CT molecular complexity index is 478. The van der Waals surface area contributed by atoms with Gasteiger partial charge in [-0.05, 0) is 19.8 Å². The van der Waals surface area contributed by atoms with Gasteiger partial charge in [0.25, 0.3) is 0 Å². The van der Waals surface area contributed by atoms with E-state index >= 15 is 0 Å². The Morgan fingerprint density at radius 3 is 3.17 bits per heavy atom. The van der Waals surface area contributed by atoms with Gasteiger partial charge in [-0.3, -0.25) is 9.36 Å². The summed E-state index contributed by atoms with van der Waals surface area (Å²) in [4.78, 5) is 22.7. The highest BCUT2D eigenvalue weighted by Gasteiger charge is 2.21. The lowest BCUT2D eigenvalue weighted by Crippen LogP contribution is -2.27. The van der Waals surface area contributed by atoms with Gasteiger partial charge in [-0.1, -0.05) is 11.8 Å². The third kappa shape index (κ3) is 2.94. The van der Waals surface area contributed by atoms with Crippen molar-refractivity contribution in [3.8, 4) is 0 Å². The first-order chi connectivity index (χ1) is 8.58. The molecule has 0 bridgehead atoms. The normalized spacial score (nSPS) is 21.1. The number of carbonyl (C=O) groups excluding carboxylic acids is 1. The first-order valence-corrected chi connectivity index (χ1v) is 6.68. The summed E-state index contributed by atoms with van der Waals surface area (Å²) in [5, 5.41) is 6.34. The van der Waals surface area contributed by atoms with Crippen LogP contribution < -0.4 is 11.4 Å². The first-order valence-electron chi connectivity index (χ1n) is 5.80. The molecule has 8 heteroatoms. The van der Waals surface area contributed by atoms with Crippen LogP contribution in [0.3, 0.4) is 0 Å². The molecule has 0 unspecified atom stereocenters. The van der Waals surface area contributed by atoms with E-state index in [1.54, 1.807) is 6.92 Å². The van der Waals surface area contributed by atoms with Gasteiger partial charge in [-0.15, -0.1) is 5.10 Å². The number of nitrogens with two attached hydrogens (primary N) is 1. The second-order valence-electron chi connectivity index (χ2n) is 4.22. The van der Waals surface area contributed by atoms with Gasteiger partial charge in [-0.25, -0.2) is 9.89 Å². The quantitative estimate of drug-likeness (QED) is 0.717. The summed E-state index contributed by atoms with van der Waals surface area (Å²) < 4.78 is 6.99. The van der Waals surface area contributed by atoms with Gasteiger partial charge < -0.3 is 10.5 Å². The van der Waals surface area contributed by atoms with Crippen molar-refractivity contribution in [1.29, 1.82) is 0 Å². The molecule has 1 aromatic rings. The number of ether oxygens (including phenoxy) is 1. The zero-order chi connectivity index (χ0) is 13.1. The van der Waals surface area contributed by atoms with E-state index in [0.717, 1.165) is 19.4 Å². The van der Waals surface area contributed by atoms with E-state index in [1.807, 2.05) is 0 Å². The highest BCUT2D eigenvalue weighted by atomic mass is 32.2. The highest BCUT2D eigenvalue weighted by molar-refractivity contribution is 8.00. The molecule has 1 amide bonds. The van der Waals surface area contributed by atoms with Crippen molar-refractivity contribution < 1.29 is 9.53 Å². The number of primary amides is 1. The minimum absolute atomic E-state index is 0.0449. The first kappa shape index (κ1) is 13.2. The lowest BCUT2D eigenvalue weighted by atomic mass is 10.2. The van der Waals surface area contributed by atoms with Crippen LogP contribution in [0, 0.1) is 0 Å². The molecule has 18 heavy (non-hydrogen) atoms. The van der Waals surface area contributed by atoms with E-state index < -0.39 is 11.2 Å². The lowest BCUT2D eigenvalue weighted by Gasteiger charge is -2.12. The molecule has 0 aliphatic carbocycles. The Morgan fingerprint density at radius 1 is 1.78 bits per heavy atom. The predicted octanol–water partition coefficient (Wildman–Crippen LogP) is -0.284. The molecule has 1 aliphatic rings. The summed E-state index contributed by atoms with van der Waals surface area (Å²) in [6.07, 6.45) is 1.99. The van der Waals surface area contributed by atoms with E-state index in [-0.39, 0.29) is 11.8 Å². The van der Waals surface area contributed by atoms with Crippen molar-refractivity contribution in [3.05, 3.63) is 10.5 Å². The van der Waals surface area contributed by atoms with E-state index in [2.05, 4.69) is 10.2 Å². The standard InChI is InChI=1S/C10H16N4O3S/c1-6(8(11)15)18-10-13-12-9(16)14(10)5-7-3-2-4-17-7/h6-7H,2-5H2,1H3,(H2,11,15)(H,12,16)/t6-,7-/m1/s1. The summed E-state index contributed by atoms with van der Waals surface area (Å²) >= 11 is 1.17. The summed E-state index contributed by atoms with van der Waals surface area (Å²) in [5.41, 5.74) is 4.91. The number of rotatable bonds is 5. The molecule has 100 valence electrons. The number of hydrogen-bond donors (Lipinski definition) is 2. The van der Waals surface area contributed by atoms with Crippen LogP contribution >= 0.6 is 11.8 Å². The highest BCUT2D eigenvalue weighted by Crippen LogP contribution is 2.21. The molecule has 0 aromatic carbocycles. The van der Waals surface area contributed by atoms with Crippen molar-refractivity contribution in [2.45, 2.75) is 42.8 Å². The molecular formula is C10H16N4O3S. The minimum Gasteiger partial charge on any atom is -0.376 e. The van der Waals surface area contributed by atoms with Crippen LogP contribution in [0.2, 0.25) is 0 Å². The number of amides is 1. The van der Waals surface area contributed by atoms with Crippen LogP contribution in [0.15, 0.2) is 9.95 Å². The second-order valence-corrected chi connectivity index (χ2v) is 5.53. The molecule has 2 rings (SSSR count). The van der Waals surface area contributed by atoms with Gasteiger partial charge in [0.1, 0.15) is 0 Å². The molecule has 1 aromatic heterocycles. The van der Waals surface area contributed by atoms with Gasteiger partial charge in [0.15, 0.2) is 5.16 Å². The Labute approximate surface area is 108 Å². The molecule has 0 radical (unpaired) electrons. The molecule has 1 fully saturated rings. The van der Waals surface area contributed by atoms with E-state index in [4.69, 9.17) is 10.5 Å². The number of thioether (sulfide) groups is 1. The molecule has 1 aliphatic heterocycles. The van der Waals surface area contributed by atoms with E-state index in [1.165, 1.54) is 16.3 Å². The number of aromatic nitrogens is 3. The van der Waals surface area contributed by atoms with Crippen LogP contribution in [0.4, 0.5) is 0 Å². The summed E-state index contributed by atoms with van der Waals surface area (Å²) in [6, 6.07) is 0. The third-order valence-corrected chi connectivity index (χ3v) is 3.92. The van der Waals surface area contributed by atoms with Crippen LogP contribution in [0.25, 0.3) is 0 Å². The topological polar surface area (TPSA) is 103 Å². The molecular weight excluding hydrogens is 256 g/mol. The predicted molar refractivity (Wildman–Crippen MR) is 66.3 cm³/mol. The van der Waals surface area contributed by atoms with Crippen LogP contribution in [-0.4, -0.2) is 38.6 Å². The lowest BCUT2D eigenvalue weighted by molar-refractivity contribution is -0.117. The number of aromatic amines is 1. The smallest absolute Gasteiger partial charge is 0.344 e. The minimum atomic E-state index is -0.431. The molecule has 7 nitrogen and oxygen atoms in total. The Balaban J connectivity index is 2.10. The number of hydrogen-bond acceptors (Lipinski definition) is 5. The number of nitrogens with one attached hydrogen (secondary N) is 1. The van der Waals surface area contributed by atoms with Gasteiger partial charge in [0, 0.05) is 6.61 Å². The van der Waals surface area contributed by atoms with Gasteiger partial charge in [0.05, 0.1) is 17.9 Å². The molecule has 3 N–H and O–H groups in total. The number of carbonyl (C=O) groups is 1. The maximum atomic E-state index is 11.6. The van der Waals surface area contributed by atoms with E-state index in [9.17, 15) is 9.59 Å². The van der Waals surface area contributed by atoms with Crippen LogP contribution in [0.1, 0.15) is 19.8 Å². The summed E-state index contributed by atoms with van der Waals surface area (Å²) in [7, 11) is 0. The Morgan fingerprint density at radius 2 is 2.56 bits per heavy atom. The fourth-order valence-corrected chi connectivity index (χ4v) is 2.58. The summed E-state index contributed by atoms with van der Waals surface area (Å²) in [6.45, 7) is 2.88. The van der Waals surface area contributed by atoms with Crippen LogP contribution in [-0.2, 0) is 16.1 Å². The number of H-pyrrole nitrogens is 1. The Kier molecular flexibility index (Phi) is 4.07. The Hall–Kier alpha value is -1.28. The molecule has 2 heterocycles. The van der Waals surface area contributed by atoms with Crippen molar-refractivity contribution in [2.75, 3.05) is 6.61 Å². The van der Waals surface area contributed by atoms with Crippen LogP contribution in [0.5, 0.6) is 0 Å². The van der Waals surface area contributed by atoms with Gasteiger partial charge in [0.2, 0.25) is 5.91 Å². The SMILES string of the molecule is C[C@@H](Sc1n[nH]c(=O)n1C[C@H]1CCCO1)C(N)=O. The number of nitrogens with zero attached hydrogens (tertiary/aromatic N) is 2. The molecule has 0 saturated carbocycles. The maximum absolute atomic E-state index is 11.6. The second kappa shape index (κ2) is 5.57. The maximum Gasteiger partial charge on any atom is 0.344 e. The van der Waals surface area contributed by atoms with Gasteiger partial charge in [-0.2, -0.15) is 0 Å². The fourth-order valence-electron chi connectivity index (χ4n) is 1.76. The third-order valence-electron chi connectivity index (χ3n) is 2.82. The van der Waals surface area contributed by atoms with Crippen molar-refractivity contribution in [3.63, 3.8) is 0 Å². The fraction of sp³-hybridized carbons (Fsp3) is 0.700. The van der Waals surface area contributed by atoms with Gasteiger partial charge >= 0.3 is 5.69 Å². The summed E-state index contributed by atoms with van der Waals surface area (Å²) in [5.74, 6) is -0.431.